The first-order chi connectivity index (χ1) is 22.7. The van der Waals surface area contributed by atoms with Gasteiger partial charge in [-0.1, -0.05) is 72.3 Å². The summed E-state index contributed by atoms with van der Waals surface area (Å²) in [6.07, 6.45) is -7.34. The molecule has 1 saturated heterocycles. The number of rotatable bonds is 11. The summed E-state index contributed by atoms with van der Waals surface area (Å²) in [4.78, 5) is 40.0. The van der Waals surface area contributed by atoms with Crippen LogP contribution < -0.4 is 0 Å². The molecule has 0 bridgehead atoms. The minimum Gasteiger partial charge on any atom is -0.452 e. The number of carbonyl (C=O) groups is 3. The lowest BCUT2D eigenvalue weighted by atomic mass is 9.97. The van der Waals surface area contributed by atoms with E-state index in [4.69, 9.17) is 27.9 Å². The van der Waals surface area contributed by atoms with Crippen LogP contribution in [0.4, 0.5) is 0 Å². The second-order valence-corrected chi connectivity index (χ2v) is 12.2. The minimum absolute atomic E-state index is 0.109. The molecule has 0 spiro atoms. The molecule has 5 rings (SSSR count). The molecule has 4 aromatic rings. The minimum atomic E-state index is -4.31. The smallest absolute Gasteiger partial charge is 0.338 e. The number of methoxy groups -OCH3 is 1. The number of hydrogen-bond donors (Lipinski definition) is 0. The fraction of sp³-hybridized carbons (Fsp3) is 0.229. The molecule has 47 heavy (non-hydrogen) atoms. The Hall–Kier alpha value is -4.88. The van der Waals surface area contributed by atoms with E-state index in [-0.39, 0.29) is 21.6 Å². The van der Waals surface area contributed by atoms with Crippen molar-refractivity contribution in [1.29, 1.82) is 0 Å². The maximum absolute atomic E-state index is 13.4. The highest BCUT2D eigenvalue weighted by Gasteiger charge is 2.53. The van der Waals surface area contributed by atoms with Gasteiger partial charge in [-0.15, -0.1) is 0 Å². The van der Waals surface area contributed by atoms with Crippen LogP contribution in [0, 0.1) is 6.92 Å². The SMILES string of the molecule is CO[C@@H]1O[C@H](COS(=O)(=O)c2ccc(C)cc2)[C@@H](OC(=O)c2ccccc2)[C@H](OC(=O)c2ccccc2)[C@@H]1OC(=O)c1ccccc1. The third kappa shape index (κ3) is 8.29. The number of hydrogen-bond acceptors (Lipinski definition) is 11. The highest BCUT2D eigenvalue weighted by Crippen LogP contribution is 2.32. The molecule has 4 aromatic carbocycles. The highest BCUT2D eigenvalue weighted by atomic mass is 32.2. The van der Waals surface area contributed by atoms with Gasteiger partial charge in [0.05, 0.1) is 28.2 Å². The lowest BCUT2D eigenvalue weighted by Gasteiger charge is -2.44. The molecule has 5 atom stereocenters. The van der Waals surface area contributed by atoms with Crippen LogP contribution in [0.1, 0.15) is 36.6 Å². The molecule has 0 amide bonds. The van der Waals surface area contributed by atoms with Gasteiger partial charge in [0.1, 0.15) is 6.10 Å². The van der Waals surface area contributed by atoms with Crippen LogP contribution in [-0.2, 0) is 38.0 Å². The zero-order valence-corrected chi connectivity index (χ0v) is 26.3. The number of aryl methyl sites for hydroxylation is 1. The Labute approximate surface area is 272 Å². The van der Waals surface area contributed by atoms with Gasteiger partial charge in [0.2, 0.25) is 0 Å². The van der Waals surface area contributed by atoms with Gasteiger partial charge in [-0.25, -0.2) is 14.4 Å². The van der Waals surface area contributed by atoms with Crippen molar-refractivity contribution in [3.8, 4) is 0 Å². The normalized spacial score (nSPS) is 20.9. The Morgan fingerprint density at radius 1 is 0.617 bits per heavy atom. The summed E-state index contributed by atoms with van der Waals surface area (Å²) in [6.45, 7) is 1.13. The average Bonchev–Trinajstić information content (AvgIpc) is 3.10. The van der Waals surface area contributed by atoms with Crippen molar-refractivity contribution < 1.29 is 50.7 Å². The van der Waals surface area contributed by atoms with E-state index in [1.165, 1.54) is 55.6 Å². The molecule has 0 unspecified atom stereocenters. The van der Waals surface area contributed by atoms with E-state index in [0.717, 1.165) is 5.56 Å². The van der Waals surface area contributed by atoms with Gasteiger partial charge < -0.3 is 23.7 Å². The fourth-order valence-corrected chi connectivity index (χ4v) is 5.75. The highest BCUT2D eigenvalue weighted by molar-refractivity contribution is 7.86. The Balaban J connectivity index is 1.52. The quantitative estimate of drug-likeness (QED) is 0.125. The van der Waals surface area contributed by atoms with Gasteiger partial charge >= 0.3 is 17.9 Å². The van der Waals surface area contributed by atoms with E-state index in [2.05, 4.69) is 0 Å². The molecule has 1 aliphatic rings. The van der Waals surface area contributed by atoms with Gasteiger partial charge in [0.25, 0.3) is 10.1 Å². The Morgan fingerprint density at radius 2 is 1.04 bits per heavy atom. The molecule has 244 valence electrons. The predicted octanol–water partition coefficient (Wildman–Crippen LogP) is 4.75. The summed E-state index contributed by atoms with van der Waals surface area (Å²) in [5.74, 6) is -2.47. The fourth-order valence-electron chi connectivity index (χ4n) is 4.83. The molecule has 1 aliphatic heterocycles. The number of carbonyl (C=O) groups excluding carboxylic acids is 3. The predicted molar refractivity (Wildman–Crippen MR) is 167 cm³/mol. The first-order valence-corrected chi connectivity index (χ1v) is 16.0. The zero-order valence-electron chi connectivity index (χ0n) is 25.5. The number of ether oxygens (including phenoxy) is 5. The van der Waals surface area contributed by atoms with Crippen molar-refractivity contribution in [2.24, 2.45) is 0 Å². The summed E-state index contributed by atoms with van der Waals surface area (Å²) in [7, 11) is -3.05. The van der Waals surface area contributed by atoms with Gasteiger partial charge in [0.15, 0.2) is 24.6 Å². The Bertz CT molecular complexity index is 1760. The third-order valence-corrected chi connectivity index (χ3v) is 8.57. The van der Waals surface area contributed by atoms with Crippen molar-refractivity contribution in [1.82, 2.24) is 0 Å². The lowest BCUT2D eigenvalue weighted by molar-refractivity contribution is -0.290. The van der Waals surface area contributed by atoms with E-state index >= 15 is 0 Å². The van der Waals surface area contributed by atoms with Crippen molar-refractivity contribution in [3.05, 3.63) is 138 Å². The maximum Gasteiger partial charge on any atom is 0.338 e. The molecule has 11 nitrogen and oxygen atoms in total. The van der Waals surface area contributed by atoms with Crippen molar-refractivity contribution in [2.75, 3.05) is 13.7 Å². The van der Waals surface area contributed by atoms with Crippen LogP contribution in [0.2, 0.25) is 0 Å². The molecular weight excluding hydrogens is 628 g/mol. The molecule has 1 fully saturated rings. The Morgan fingerprint density at radius 3 is 1.49 bits per heavy atom. The van der Waals surface area contributed by atoms with Gasteiger partial charge in [-0.05, 0) is 55.5 Å². The van der Waals surface area contributed by atoms with Crippen molar-refractivity contribution >= 4 is 28.0 Å². The van der Waals surface area contributed by atoms with Crippen LogP contribution in [-0.4, -0.2) is 70.7 Å². The maximum atomic E-state index is 13.4. The topological polar surface area (TPSA) is 141 Å². The first-order valence-electron chi connectivity index (χ1n) is 14.6. The largest absolute Gasteiger partial charge is 0.452 e. The molecule has 0 N–H and O–H groups in total. The standard InChI is InChI=1S/C35H32O11S/c1-23-18-20-27(21-19-23)47(39,40)42-22-28-29(44-32(36)24-12-6-3-7-13-24)30(45-33(37)25-14-8-4-9-15-25)31(35(41-2)43-28)46-34(38)26-16-10-5-11-17-26/h3-21,28-31,35H,22H2,1-2H3/t28-,29-,30+,31+,35-/m1/s1. The first kappa shape index (κ1) is 33.5. The molecule has 1 heterocycles. The molecule has 0 saturated carbocycles. The van der Waals surface area contributed by atoms with Gasteiger partial charge in [-0.2, -0.15) is 8.42 Å². The zero-order chi connectivity index (χ0) is 33.4. The van der Waals surface area contributed by atoms with Crippen LogP contribution in [0.15, 0.2) is 120 Å². The number of benzene rings is 4. The summed E-state index contributed by atoms with van der Waals surface area (Å²) in [5.41, 5.74) is 1.33. The monoisotopic (exact) mass is 660 g/mol. The van der Waals surface area contributed by atoms with Crippen molar-refractivity contribution in [3.63, 3.8) is 0 Å². The van der Waals surface area contributed by atoms with Crippen LogP contribution >= 0.6 is 0 Å². The van der Waals surface area contributed by atoms with E-state index in [0.29, 0.717) is 0 Å². The van der Waals surface area contributed by atoms with E-state index in [1.807, 2.05) is 6.92 Å². The van der Waals surface area contributed by atoms with Crippen LogP contribution in [0.25, 0.3) is 0 Å². The van der Waals surface area contributed by atoms with E-state index in [1.54, 1.807) is 66.7 Å². The summed E-state index contributed by atoms with van der Waals surface area (Å²) >= 11 is 0. The summed E-state index contributed by atoms with van der Waals surface area (Å²) < 4.78 is 60.8. The van der Waals surface area contributed by atoms with Gasteiger partial charge in [-0.3, -0.25) is 4.18 Å². The van der Waals surface area contributed by atoms with Crippen molar-refractivity contribution in [2.45, 2.75) is 42.5 Å². The second kappa shape index (κ2) is 15.1. The summed E-state index contributed by atoms with van der Waals surface area (Å²) in [5, 5.41) is 0. The second-order valence-electron chi connectivity index (χ2n) is 10.5. The van der Waals surface area contributed by atoms with E-state index < -0.39 is 65.3 Å². The molecular formula is C35H32O11S. The Kier molecular flexibility index (Phi) is 10.8. The summed E-state index contributed by atoms with van der Waals surface area (Å²) in [6, 6.07) is 30.0. The third-order valence-electron chi connectivity index (χ3n) is 7.28. The van der Waals surface area contributed by atoms with E-state index in [9.17, 15) is 22.8 Å². The average molecular weight is 661 g/mol. The molecule has 0 radical (unpaired) electrons. The molecule has 12 heteroatoms. The van der Waals surface area contributed by atoms with Crippen LogP contribution in [0.3, 0.4) is 0 Å². The molecule has 0 aromatic heterocycles. The van der Waals surface area contributed by atoms with Crippen LogP contribution in [0.5, 0.6) is 0 Å². The molecule has 0 aliphatic carbocycles. The lowest BCUT2D eigenvalue weighted by Crippen LogP contribution is -2.63. The van der Waals surface area contributed by atoms with Gasteiger partial charge in [0, 0.05) is 7.11 Å². The number of esters is 3.